The molecule has 1 rings (SSSR count). The van der Waals surface area contributed by atoms with E-state index in [1.54, 1.807) is 0 Å². The molecule has 1 aromatic carbocycles. The second-order valence-corrected chi connectivity index (χ2v) is 4.40. The summed E-state index contributed by atoms with van der Waals surface area (Å²) in [5.41, 5.74) is 11.2. The van der Waals surface area contributed by atoms with E-state index in [2.05, 4.69) is 38.2 Å². The lowest BCUT2D eigenvalue weighted by Crippen LogP contribution is -2.30. The Labute approximate surface area is 92.9 Å². The zero-order valence-electron chi connectivity index (χ0n) is 10.2. The quantitative estimate of drug-likeness (QED) is 0.791. The second-order valence-electron chi connectivity index (χ2n) is 4.40. The molecule has 0 spiro atoms. The van der Waals surface area contributed by atoms with Crippen LogP contribution in [0.1, 0.15) is 29.2 Å². The van der Waals surface area contributed by atoms with Gasteiger partial charge in [0.2, 0.25) is 0 Å². The summed E-state index contributed by atoms with van der Waals surface area (Å²) in [6.45, 7) is 10.3. The highest BCUT2D eigenvalue weighted by molar-refractivity contribution is 5.38. The van der Waals surface area contributed by atoms with E-state index in [0.29, 0.717) is 0 Å². The molecular weight excluding hydrogens is 184 g/mol. The molecular formula is C13H22N2. The van der Waals surface area contributed by atoms with Crippen LogP contribution in [0.2, 0.25) is 0 Å². The maximum atomic E-state index is 5.69. The second kappa shape index (κ2) is 5.29. The molecule has 2 nitrogen and oxygen atoms in total. The van der Waals surface area contributed by atoms with E-state index >= 15 is 0 Å². The van der Waals surface area contributed by atoms with Crippen LogP contribution in [0, 0.1) is 20.8 Å². The van der Waals surface area contributed by atoms with E-state index in [-0.39, 0.29) is 6.04 Å². The first-order valence-corrected chi connectivity index (χ1v) is 5.54. The standard InChI is InChI=1S/C13H22N2/c1-9-5-6-13(12(4)11(9)3)8-15-7-10(2)14/h5-6,10,15H,7-8,14H2,1-4H3. The van der Waals surface area contributed by atoms with Gasteiger partial charge in [-0.15, -0.1) is 0 Å². The molecule has 84 valence electrons. The molecule has 0 amide bonds. The van der Waals surface area contributed by atoms with E-state index in [1.807, 2.05) is 6.92 Å². The Morgan fingerprint density at radius 2 is 1.87 bits per heavy atom. The minimum atomic E-state index is 0.219. The summed E-state index contributed by atoms with van der Waals surface area (Å²) in [5.74, 6) is 0. The van der Waals surface area contributed by atoms with Gasteiger partial charge in [0.15, 0.2) is 0 Å². The van der Waals surface area contributed by atoms with E-state index in [1.165, 1.54) is 22.3 Å². The third-order valence-corrected chi connectivity index (χ3v) is 2.95. The van der Waals surface area contributed by atoms with Gasteiger partial charge in [0.25, 0.3) is 0 Å². The minimum absolute atomic E-state index is 0.219. The average molecular weight is 206 g/mol. The van der Waals surface area contributed by atoms with Crippen LogP contribution in [0.3, 0.4) is 0 Å². The number of hydrogen-bond donors (Lipinski definition) is 2. The van der Waals surface area contributed by atoms with Crippen LogP contribution < -0.4 is 11.1 Å². The molecule has 0 aromatic heterocycles. The minimum Gasteiger partial charge on any atom is -0.327 e. The summed E-state index contributed by atoms with van der Waals surface area (Å²) in [4.78, 5) is 0. The molecule has 1 aromatic rings. The number of aryl methyl sites for hydroxylation is 1. The summed E-state index contributed by atoms with van der Waals surface area (Å²) in [5, 5.41) is 3.36. The molecule has 0 saturated heterocycles. The lowest BCUT2D eigenvalue weighted by Gasteiger charge is -2.13. The van der Waals surface area contributed by atoms with Crippen molar-refractivity contribution in [2.45, 2.75) is 40.3 Å². The molecule has 15 heavy (non-hydrogen) atoms. The summed E-state index contributed by atoms with van der Waals surface area (Å²) in [6.07, 6.45) is 0. The fourth-order valence-corrected chi connectivity index (χ4v) is 1.64. The number of benzene rings is 1. The Bertz CT molecular complexity index is 330. The Morgan fingerprint density at radius 1 is 1.20 bits per heavy atom. The van der Waals surface area contributed by atoms with Gasteiger partial charge in [-0.3, -0.25) is 0 Å². The fraction of sp³-hybridized carbons (Fsp3) is 0.538. The van der Waals surface area contributed by atoms with E-state index < -0.39 is 0 Å². The lowest BCUT2D eigenvalue weighted by atomic mass is 9.99. The van der Waals surface area contributed by atoms with Crippen LogP contribution >= 0.6 is 0 Å². The Morgan fingerprint density at radius 3 is 2.47 bits per heavy atom. The summed E-state index contributed by atoms with van der Waals surface area (Å²) < 4.78 is 0. The molecule has 1 unspecified atom stereocenters. The predicted molar refractivity (Wildman–Crippen MR) is 66.0 cm³/mol. The van der Waals surface area contributed by atoms with Crippen molar-refractivity contribution in [2.75, 3.05) is 6.54 Å². The molecule has 0 saturated carbocycles. The van der Waals surface area contributed by atoms with Crippen molar-refractivity contribution < 1.29 is 0 Å². The average Bonchev–Trinajstić information content (AvgIpc) is 2.18. The smallest absolute Gasteiger partial charge is 0.0208 e. The number of nitrogens with two attached hydrogens (primary N) is 1. The normalized spacial score (nSPS) is 12.9. The molecule has 0 bridgehead atoms. The van der Waals surface area contributed by atoms with Gasteiger partial charge in [0.1, 0.15) is 0 Å². The lowest BCUT2D eigenvalue weighted by molar-refractivity contribution is 0.607. The molecule has 2 heteroatoms. The van der Waals surface area contributed by atoms with Crippen molar-refractivity contribution in [3.05, 3.63) is 34.4 Å². The first-order chi connectivity index (χ1) is 7.02. The maximum absolute atomic E-state index is 5.69. The van der Waals surface area contributed by atoms with Gasteiger partial charge < -0.3 is 11.1 Å². The van der Waals surface area contributed by atoms with Crippen molar-refractivity contribution in [3.8, 4) is 0 Å². The third kappa shape index (κ3) is 3.33. The van der Waals surface area contributed by atoms with Crippen LogP contribution in [0.4, 0.5) is 0 Å². The first kappa shape index (κ1) is 12.2. The van der Waals surface area contributed by atoms with E-state index in [9.17, 15) is 0 Å². The van der Waals surface area contributed by atoms with Crippen LogP contribution in [-0.4, -0.2) is 12.6 Å². The SMILES string of the molecule is Cc1ccc(CNCC(C)N)c(C)c1C. The van der Waals surface area contributed by atoms with Crippen molar-refractivity contribution in [2.24, 2.45) is 5.73 Å². The van der Waals surface area contributed by atoms with Crippen LogP contribution in [0.15, 0.2) is 12.1 Å². The number of hydrogen-bond acceptors (Lipinski definition) is 2. The van der Waals surface area contributed by atoms with Crippen LogP contribution in [-0.2, 0) is 6.54 Å². The van der Waals surface area contributed by atoms with Crippen LogP contribution in [0.5, 0.6) is 0 Å². The number of nitrogens with one attached hydrogen (secondary N) is 1. The largest absolute Gasteiger partial charge is 0.327 e. The van der Waals surface area contributed by atoms with Gasteiger partial charge in [-0.25, -0.2) is 0 Å². The van der Waals surface area contributed by atoms with Crippen molar-refractivity contribution >= 4 is 0 Å². The van der Waals surface area contributed by atoms with Gasteiger partial charge in [-0.2, -0.15) is 0 Å². The van der Waals surface area contributed by atoms with Gasteiger partial charge in [-0.1, -0.05) is 12.1 Å². The van der Waals surface area contributed by atoms with Gasteiger partial charge in [0.05, 0.1) is 0 Å². The third-order valence-electron chi connectivity index (χ3n) is 2.95. The van der Waals surface area contributed by atoms with Crippen molar-refractivity contribution in [1.82, 2.24) is 5.32 Å². The van der Waals surface area contributed by atoms with Crippen LogP contribution in [0.25, 0.3) is 0 Å². The zero-order chi connectivity index (χ0) is 11.4. The highest BCUT2D eigenvalue weighted by Gasteiger charge is 2.03. The molecule has 1 atom stereocenters. The Kier molecular flexibility index (Phi) is 4.30. The zero-order valence-corrected chi connectivity index (χ0v) is 10.2. The summed E-state index contributed by atoms with van der Waals surface area (Å²) in [6, 6.07) is 4.61. The number of rotatable bonds is 4. The molecule has 3 N–H and O–H groups in total. The molecule has 0 aliphatic carbocycles. The van der Waals surface area contributed by atoms with Gasteiger partial charge in [-0.05, 0) is 49.9 Å². The van der Waals surface area contributed by atoms with E-state index in [4.69, 9.17) is 5.73 Å². The first-order valence-electron chi connectivity index (χ1n) is 5.54. The fourth-order valence-electron chi connectivity index (χ4n) is 1.64. The molecule has 0 aliphatic heterocycles. The molecule has 0 aliphatic rings. The molecule has 0 fully saturated rings. The van der Waals surface area contributed by atoms with Crippen molar-refractivity contribution in [3.63, 3.8) is 0 Å². The maximum Gasteiger partial charge on any atom is 0.0208 e. The highest BCUT2D eigenvalue weighted by atomic mass is 14.9. The summed E-state index contributed by atoms with van der Waals surface area (Å²) in [7, 11) is 0. The van der Waals surface area contributed by atoms with Crippen molar-refractivity contribution in [1.29, 1.82) is 0 Å². The van der Waals surface area contributed by atoms with Gasteiger partial charge in [0, 0.05) is 19.1 Å². The van der Waals surface area contributed by atoms with Gasteiger partial charge >= 0.3 is 0 Å². The Hall–Kier alpha value is -0.860. The van der Waals surface area contributed by atoms with E-state index in [0.717, 1.165) is 13.1 Å². The topological polar surface area (TPSA) is 38.0 Å². The molecule has 0 radical (unpaired) electrons. The monoisotopic (exact) mass is 206 g/mol. The highest BCUT2D eigenvalue weighted by Crippen LogP contribution is 2.16. The summed E-state index contributed by atoms with van der Waals surface area (Å²) >= 11 is 0. The predicted octanol–water partition coefficient (Wildman–Crippen LogP) is 2.05. The molecule has 0 heterocycles. The Balaban J connectivity index is 2.66.